The van der Waals surface area contributed by atoms with Crippen LogP contribution in [0.5, 0.6) is 0 Å². The molecule has 0 aromatic heterocycles. The van der Waals surface area contributed by atoms with E-state index in [0.29, 0.717) is 6.54 Å². The molecule has 3 heteroatoms. The Kier molecular flexibility index (Phi) is 3.68. The maximum atomic E-state index is 12.2. The highest BCUT2D eigenvalue weighted by Crippen LogP contribution is 2.22. The number of hydrogen-bond donors (Lipinski definition) is 1. The Labute approximate surface area is 119 Å². The van der Waals surface area contributed by atoms with Gasteiger partial charge in [-0.2, -0.15) is 0 Å². The van der Waals surface area contributed by atoms with Crippen molar-refractivity contribution in [2.24, 2.45) is 0 Å². The van der Waals surface area contributed by atoms with Crippen molar-refractivity contribution in [2.75, 3.05) is 6.54 Å². The lowest BCUT2D eigenvalue weighted by atomic mass is 10.0. The van der Waals surface area contributed by atoms with Crippen molar-refractivity contribution in [1.29, 1.82) is 0 Å². The molecule has 0 bridgehead atoms. The summed E-state index contributed by atoms with van der Waals surface area (Å²) in [5.41, 5.74) is 2.35. The van der Waals surface area contributed by atoms with Crippen molar-refractivity contribution < 1.29 is 4.79 Å². The topological polar surface area (TPSA) is 32.3 Å². The van der Waals surface area contributed by atoms with Crippen LogP contribution in [0.4, 0.5) is 4.79 Å². The summed E-state index contributed by atoms with van der Waals surface area (Å²) in [5, 5.41) is 3.09. The van der Waals surface area contributed by atoms with E-state index in [-0.39, 0.29) is 12.1 Å². The molecule has 0 spiro atoms. The molecule has 1 fully saturated rings. The Morgan fingerprint density at radius 1 is 1.00 bits per heavy atom. The Balaban J connectivity index is 1.64. The Morgan fingerprint density at radius 3 is 2.30 bits per heavy atom. The first kappa shape index (κ1) is 12.7. The maximum Gasteiger partial charge on any atom is 0.318 e. The first-order valence-corrected chi connectivity index (χ1v) is 6.97. The third kappa shape index (κ3) is 2.82. The second-order valence-electron chi connectivity index (χ2n) is 5.11. The van der Waals surface area contributed by atoms with Gasteiger partial charge in [0.05, 0.1) is 6.04 Å². The Bertz CT molecular complexity index is 568. The average molecular weight is 266 g/mol. The summed E-state index contributed by atoms with van der Waals surface area (Å²) < 4.78 is 0. The van der Waals surface area contributed by atoms with Crippen LogP contribution in [-0.2, 0) is 6.54 Å². The fraction of sp³-hybridized carbons (Fsp3) is 0.235. The third-order valence-electron chi connectivity index (χ3n) is 3.69. The van der Waals surface area contributed by atoms with E-state index in [2.05, 4.69) is 29.6 Å². The highest BCUT2D eigenvalue weighted by molar-refractivity contribution is 5.75. The lowest BCUT2D eigenvalue weighted by Crippen LogP contribution is -2.47. The van der Waals surface area contributed by atoms with Gasteiger partial charge in [0.2, 0.25) is 0 Å². The van der Waals surface area contributed by atoms with Crippen LogP contribution in [0.15, 0.2) is 60.7 Å². The van der Waals surface area contributed by atoms with E-state index in [1.807, 2.05) is 41.3 Å². The minimum absolute atomic E-state index is 0.0222. The van der Waals surface area contributed by atoms with E-state index in [1.165, 1.54) is 11.1 Å². The number of amides is 2. The van der Waals surface area contributed by atoms with Crippen LogP contribution in [-0.4, -0.2) is 17.5 Å². The van der Waals surface area contributed by atoms with E-state index in [9.17, 15) is 4.79 Å². The van der Waals surface area contributed by atoms with Crippen molar-refractivity contribution in [1.82, 2.24) is 10.2 Å². The molecule has 3 nitrogen and oxygen atoms in total. The monoisotopic (exact) mass is 266 g/mol. The minimum Gasteiger partial charge on any atom is -0.331 e. The largest absolute Gasteiger partial charge is 0.331 e. The second-order valence-corrected chi connectivity index (χ2v) is 5.11. The Morgan fingerprint density at radius 2 is 1.65 bits per heavy atom. The van der Waals surface area contributed by atoms with Crippen LogP contribution in [0.2, 0.25) is 0 Å². The van der Waals surface area contributed by atoms with Crippen LogP contribution in [0, 0.1) is 0 Å². The molecule has 0 saturated carbocycles. The van der Waals surface area contributed by atoms with Crippen LogP contribution < -0.4 is 5.32 Å². The summed E-state index contributed by atoms with van der Waals surface area (Å²) in [5.74, 6) is 0. The van der Waals surface area contributed by atoms with Gasteiger partial charge in [-0.25, -0.2) is 4.79 Å². The van der Waals surface area contributed by atoms with Crippen molar-refractivity contribution in [3.8, 4) is 0 Å². The summed E-state index contributed by atoms with van der Waals surface area (Å²) in [6.07, 6.45) is 0.947. The number of carbonyl (C=O) groups excluding carboxylic acids is 1. The van der Waals surface area contributed by atoms with Gasteiger partial charge >= 0.3 is 6.03 Å². The van der Waals surface area contributed by atoms with Gasteiger partial charge in [-0.3, -0.25) is 0 Å². The van der Waals surface area contributed by atoms with Gasteiger partial charge in [0.15, 0.2) is 0 Å². The normalized spacial score (nSPS) is 18.7. The molecule has 1 atom stereocenters. The van der Waals surface area contributed by atoms with Crippen LogP contribution in [0.25, 0.3) is 0 Å². The van der Waals surface area contributed by atoms with Gasteiger partial charge in [-0.15, -0.1) is 0 Å². The van der Waals surface area contributed by atoms with Gasteiger partial charge in [0.1, 0.15) is 0 Å². The summed E-state index contributed by atoms with van der Waals surface area (Å²) in [6.45, 7) is 1.47. The molecule has 3 rings (SSSR count). The maximum absolute atomic E-state index is 12.2. The summed E-state index contributed by atoms with van der Waals surface area (Å²) in [4.78, 5) is 14.1. The Hall–Kier alpha value is -2.29. The molecule has 1 saturated heterocycles. The fourth-order valence-corrected chi connectivity index (χ4v) is 2.59. The summed E-state index contributed by atoms with van der Waals surface area (Å²) in [6, 6.07) is 20.4. The van der Waals surface area contributed by atoms with Crippen LogP contribution in [0.1, 0.15) is 23.6 Å². The number of hydrogen-bond acceptors (Lipinski definition) is 1. The van der Waals surface area contributed by atoms with Crippen molar-refractivity contribution >= 4 is 6.03 Å². The lowest BCUT2D eigenvalue weighted by Gasteiger charge is -2.33. The van der Waals surface area contributed by atoms with Crippen molar-refractivity contribution in [3.05, 3.63) is 71.8 Å². The molecule has 2 aromatic rings. The molecule has 1 aliphatic heterocycles. The minimum atomic E-state index is 0.0222. The molecule has 1 aliphatic rings. The van der Waals surface area contributed by atoms with Gasteiger partial charge in [-0.1, -0.05) is 60.7 Å². The number of benzene rings is 2. The molecule has 20 heavy (non-hydrogen) atoms. The van der Waals surface area contributed by atoms with E-state index < -0.39 is 0 Å². The van der Waals surface area contributed by atoms with E-state index in [4.69, 9.17) is 0 Å². The molecule has 1 N–H and O–H groups in total. The smallest absolute Gasteiger partial charge is 0.318 e. The lowest BCUT2D eigenvalue weighted by molar-refractivity contribution is 0.171. The van der Waals surface area contributed by atoms with Gasteiger partial charge in [0, 0.05) is 13.1 Å². The second kappa shape index (κ2) is 5.78. The van der Waals surface area contributed by atoms with Gasteiger partial charge in [0.25, 0.3) is 0 Å². The quantitative estimate of drug-likeness (QED) is 0.908. The zero-order chi connectivity index (χ0) is 13.8. The molecule has 1 heterocycles. The van der Waals surface area contributed by atoms with E-state index >= 15 is 0 Å². The number of rotatable bonds is 3. The fourth-order valence-electron chi connectivity index (χ4n) is 2.59. The van der Waals surface area contributed by atoms with Gasteiger partial charge in [-0.05, 0) is 17.5 Å². The molecular formula is C17H18N2O. The summed E-state index contributed by atoms with van der Waals surface area (Å²) >= 11 is 0. The molecule has 2 aromatic carbocycles. The number of carbonyl (C=O) groups is 1. The van der Waals surface area contributed by atoms with Crippen LogP contribution >= 0.6 is 0 Å². The zero-order valence-corrected chi connectivity index (χ0v) is 11.3. The van der Waals surface area contributed by atoms with Crippen molar-refractivity contribution in [2.45, 2.75) is 19.0 Å². The molecule has 0 radical (unpaired) electrons. The highest BCUT2D eigenvalue weighted by Gasteiger charge is 2.25. The predicted octanol–water partition coefficient (Wildman–Crippen LogP) is 3.34. The number of nitrogens with one attached hydrogen (secondary N) is 1. The molecule has 1 unspecified atom stereocenters. The number of urea groups is 1. The standard InChI is InChI=1S/C17H18N2O/c20-17-18-16(15-9-5-2-6-10-15)11-12-19(17)13-14-7-3-1-4-8-14/h1-10,16H,11-13H2,(H,18,20). The zero-order valence-electron chi connectivity index (χ0n) is 11.3. The first-order chi connectivity index (χ1) is 9.83. The van der Waals surface area contributed by atoms with Gasteiger partial charge < -0.3 is 10.2 Å². The van der Waals surface area contributed by atoms with E-state index in [0.717, 1.165) is 13.0 Å². The van der Waals surface area contributed by atoms with E-state index in [1.54, 1.807) is 0 Å². The molecule has 0 aliphatic carbocycles. The molecule has 102 valence electrons. The SMILES string of the molecule is O=C1NC(c2ccccc2)CCN1Cc1ccccc1. The molecular weight excluding hydrogens is 248 g/mol. The van der Waals surface area contributed by atoms with Crippen molar-refractivity contribution in [3.63, 3.8) is 0 Å². The predicted molar refractivity (Wildman–Crippen MR) is 79.2 cm³/mol. The average Bonchev–Trinajstić information content (AvgIpc) is 2.51. The number of nitrogens with zero attached hydrogens (tertiary/aromatic N) is 1. The molecule has 2 amide bonds. The van der Waals surface area contributed by atoms with Crippen LogP contribution in [0.3, 0.4) is 0 Å². The first-order valence-electron chi connectivity index (χ1n) is 6.97. The third-order valence-corrected chi connectivity index (χ3v) is 3.69. The highest BCUT2D eigenvalue weighted by atomic mass is 16.2. The summed E-state index contributed by atoms with van der Waals surface area (Å²) in [7, 11) is 0.